The number of aryl methyl sites for hydroxylation is 1. The van der Waals surface area contributed by atoms with Gasteiger partial charge in [-0.3, -0.25) is 0 Å². The van der Waals surface area contributed by atoms with Gasteiger partial charge in [0.2, 0.25) is 5.52 Å². The van der Waals surface area contributed by atoms with Gasteiger partial charge < -0.3 is 0 Å². The molecule has 0 aliphatic carbocycles. The molecule has 0 aliphatic heterocycles. The Morgan fingerprint density at radius 1 is 1.36 bits per heavy atom. The molecule has 0 fully saturated rings. The van der Waals surface area contributed by atoms with E-state index in [0.29, 0.717) is 0 Å². The quantitative estimate of drug-likeness (QED) is 0.554. The maximum atomic E-state index is 5.98. The van der Waals surface area contributed by atoms with Crippen molar-refractivity contribution in [3.63, 3.8) is 0 Å². The van der Waals surface area contributed by atoms with E-state index in [2.05, 4.69) is 10.0 Å². The van der Waals surface area contributed by atoms with Crippen LogP contribution in [-0.2, 0) is 7.05 Å². The zero-order chi connectivity index (χ0) is 7.84. The molecule has 0 unspecified atom stereocenters. The number of rotatable bonds is 0. The van der Waals surface area contributed by atoms with Crippen molar-refractivity contribution in [2.24, 2.45) is 7.05 Å². The minimum atomic E-state index is 0.864. The molecule has 1 aromatic heterocycles. The van der Waals surface area contributed by atoms with Gasteiger partial charge in [-0.05, 0) is 6.07 Å². The first-order valence-corrected chi connectivity index (χ1v) is 4.48. The first kappa shape index (κ1) is 7.07. The van der Waals surface area contributed by atoms with E-state index in [1.807, 2.05) is 25.2 Å². The molecule has 56 valence electrons. The lowest BCUT2D eigenvalue weighted by molar-refractivity contribution is -0.573. The van der Waals surface area contributed by atoms with Crippen molar-refractivity contribution in [2.45, 2.75) is 0 Å². The van der Waals surface area contributed by atoms with E-state index in [1.165, 1.54) is 5.52 Å². The lowest BCUT2D eigenvalue weighted by Crippen LogP contribution is -2.20. The zero-order valence-electron chi connectivity index (χ0n) is 6.04. The SMILES string of the molecule is C[n+]1sc(Cl)c2ccccc21. The molecule has 0 N–H and O–H groups in total. The summed E-state index contributed by atoms with van der Waals surface area (Å²) in [5.41, 5.74) is 1.20. The van der Waals surface area contributed by atoms with E-state index in [4.69, 9.17) is 11.6 Å². The molecule has 0 radical (unpaired) electrons. The molecule has 2 rings (SSSR count). The first-order valence-electron chi connectivity index (χ1n) is 3.32. The van der Waals surface area contributed by atoms with Crippen molar-refractivity contribution >= 4 is 34.0 Å². The zero-order valence-corrected chi connectivity index (χ0v) is 7.62. The molecule has 1 nitrogen and oxygen atoms in total. The van der Waals surface area contributed by atoms with E-state index in [-0.39, 0.29) is 0 Å². The monoisotopic (exact) mass is 184 g/mol. The Kier molecular flexibility index (Phi) is 1.59. The highest BCUT2D eigenvalue weighted by atomic mass is 35.5. The van der Waals surface area contributed by atoms with E-state index < -0.39 is 0 Å². The molecule has 0 bridgehead atoms. The van der Waals surface area contributed by atoms with Crippen LogP contribution in [0.1, 0.15) is 0 Å². The van der Waals surface area contributed by atoms with Gasteiger partial charge in [-0.25, -0.2) is 0 Å². The highest BCUT2D eigenvalue weighted by molar-refractivity contribution is 7.08. The fraction of sp³-hybridized carbons (Fsp3) is 0.125. The highest BCUT2D eigenvalue weighted by Crippen LogP contribution is 2.24. The number of halogens is 1. The average Bonchev–Trinajstić information content (AvgIpc) is 2.30. The largest absolute Gasteiger partial charge is 0.228 e. The maximum absolute atomic E-state index is 5.98. The third-order valence-corrected chi connectivity index (χ3v) is 2.93. The number of hydrogen-bond acceptors (Lipinski definition) is 1. The highest BCUT2D eigenvalue weighted by Gasteiger charge is 2.12. The van der Waals surface area contributed by atoms with Gasteiger partial charge in [0.15, 0.2) is 22.9 Å². The van der Waals surface area contributed by atoms with Gasteiger partial charge in [0, 0.05) is 6.07 Å². The summed E-state index contributed by atoms with van der Waals surface area (Å²) in [7, 11) is 2.01. The number of benzene rings is 1. The van der Waals surface area contributed by atoms with Crippen LogP contribution in [0.4, 0.5) is 0 Å². The van der Waals surface area contributed by atoms with Crippen LogP contribution < -0.4 is 3.96 Å². The van der Waals surface area contributed by atoms with Crippen LogP contribution in [0.25, 0.3) is 10.9 Å². The van der Waals surface area contributed by atoms with Crippen molar-refractivity contribution < 1.29 is 3.96 Å². The number of nitrogens with zero attached hydrogens (tertiary/aromatic N) is 1. The Morgan fingerprint density at radius 2 is 2.09 bits per heavy atom. The van der Waals surface area contributed by atoms with E-state index in [0.717, 1.165) is 9.72 Å². The van der Waals surface area contributed by atoms with E-state index in [1.54, 1.807) is 11.5 Å². The Morgan fingerprint density at radius 3 is 2.82 bits per heavy atom. The van der Waals surface area contributed by atoms with E-state index >= 15 is 0 Å². The molecule has 2 aromatic rings. The average molecular weight is 185 g/mol. The normalized spacial score (nSPS) is 10.7. The molecule has 0 saturated carbocycles. The topological polar surface area (TPSA) is 3.88 Å². The Bertz CT molecular complexity index is 358. The molecule has 0 aliphatic rings. The van der Waals surface area contributed by atoms with Gasteiger partial charge >= 0.3 is 0 Å². The summed E-state index contributed by atoms with van der Waals surface area (Å²) < 4.78 is 2.93. The molecule has 3 heteroatoms. The standard InChI is InChI=1S/C8H7ClNS/c1-10-7-5-3-2-4-6(7)8(9)11-10/h2-5H,1H3/q+1. The molecule has 1 heterocycles. The maximum Gasteiger partial charge on any atom is 0.228 e. The van der Waals surface area contributed by atoms with Crippen LogP contribution in [0.2, 0.25) is 4.34 Å². The van der Waals surface area contributed by atoms with Gasteiger partial charge in [-0.2, -0.15) is 0 Å². The van der Waals surface area contributed by atoms with Crippen molar-refractivity contribution in [1.82, 2.24) is 0 Å². The fourth-order valence-electron chi connectivity index (χ4n) is 1.13. The Balaban J connectivity index is 2.95. The van der Waals surface area contributed by atoms with Crippen LogP contribution in [-0.4, -0.2) is 0 Å². The third-order valence-electron chi connectivity index (χ3n) is 1.67. The molecule has 1 aromatic carbocycles. The van der Waals surface area contributed by atoms with Crippen LogP contribution in [0.15, 0.2) is 24.3 Å². The number of hydrogen-bond donors (Lipinski definition) is 0. The number of para-hydroxylation sites is 1. The first-order chi connectivity index (χ1) is 5.29. The summed E-state index contributed by atoms with van der Waals surface area (Å²) in [5.74, 6) is 0. The second-order valence-corrected chi connectivity index (χ2v) is 4.12. The van der Waals surface area contributed by atoms with Crippen LogP contribution >= 0.6 is 23.1 Å². The molecular formula is C8H7ClNS+. The van der Waals surface area contributed by atoms with Crippen LogP contribution in [0.5, 0.6) is 0 Å². The molecule has 0 spiro atoms. The van der Waals surface area contributed by atoms with Gasteiger partial charge in [-0.1, -0.05) is 23.7 Å². The lowest BCUT2D eigenvalue weighted by Gasteiger charge is -1.81. The predicted molar refractivity (Wildman–Crippen MR) is 48.0 cm³/mol. The lowest BCUT2D eigenvalue weighted by atomic mass is 10.3. The van der Waals surface area contributed by atoms with Crippen molar-refractivity contribution in [3.8, 4) is 0 Å². The van der Waals surface area contributed by atoms with E-state index in [9.17, 15) is 0 Å². The minimum absolute atomic E-state index is 0.864. The fourth-order valence-corrected chi connectivity index (χ4v) is 2.37. The van der Waals surface area contributed by atoms with Crippen LogP contribution in [0, 0.1) is 0 Å². The molecular weight excluding hydrogens is 178 g/mol. The summed E-state index contributed by atoms with van der Waals surface area (Å²) >= 11 is 7.54. The third kappa shape index (κ3) is 1.03. The molecule has 11 heavy (non-hydrogen) atoms. The van der Waals surface area contributed by atoms with Crippen molar-refractivity contribution in [2.75, 3.05) is 0 Å². The van der Waals surface area contributed by atoms with Gasteiger partial charge in [0.1, 0.15) is 0 Å². The van der Waals surface area contributed by atoms with Crippen molar-refractivity contribution in [1.29, 1.82) is 0 Å². The number of aromatic nitrogens is 1. The smallest absolute Gasteiger partial charge is 0.135 e. The second-order valence-electron chi connectivity index (χ2n) is 2.38. The van der Waals surface area contributed by atoms with Gasteiger partial charge in [0.05, 0.1) is 5.39 Å². The summed E-state index contributed by atoms with van der Waals surface area (Å²) in [6.45, 7) is 0. The summed E-state index contributed by atoms with van der Waals surface area (Å²) in [6.07, 6.45) is 0. The molecule has 0 saturated heterocycles. The predicted octanol–water partition coefficient (Wildman–Crippen LogP) is 2.38. The Labute approximate surface area is 74.0 Å². The summed E-state index contributed by atoms with van der Waals surface area (Å²) in [6, 6.07) is 8.12. The van der Waals surface area contributed by atoms with Crippen LogP contribution in [0.3, 0.4) is 0 Å². The van der Waals surface area contributed by atoms with Gasteiger partial charge in [-0.15, -0.1) is 3.96 Å². The molecule has 0 atom stereocenters. The summed E-state index contributed by atoms with van der Waals surface area (Å²) in [5, 5.41) is 1.14. The second kappa shape index (κ2) is 2.47. The summed E-state index contributed by atoms with van der Waals surface area (Å²) in [4.78, 5) is 0. The minimum Gasteiger partial charge on any atom is -0.135 e. The van der Waals surface area contributed by atoms with Crippen molar-refractivity contribution in [3.05, 3.63) is 28.6 Å². The Hall–Kier alpha value is -0.600. The van der Waals surface area contributed by atoms with Gasteiger partial charge in [0.25, 0.3) is 0 Å². The number of fused-ring (bicyclic) bond motifs is 1. The molecule has 0 amide bonds.